The highest BCUT2D eigenvalue weighted by atomic mass is 16.3. The number of H-pyrrole nitrogens is 1. The average Bonchev–Trinajstić information content (AvgIpc) is 3.03. The maximum atomic E-state index is 5.37. The summed E-state index contributed by atoms with van der Waals surface area (Å²) in [7, 11) is 0. The summed E-state index contributed by atoms with van der Waals surface area (Å²) in [5, 5.41) is 14.1. The average molecular weight is 232 g/mol. The van der Waals surface area contributed by atoms with Crippen LogP contribution in [0.4, 0.5) is 5.82 Å². The lowest BCUT2D eigenvalue weighted by Gasteiger charge is -2.10. The van der Waals surface area contributed by atoms with Crippen molar-refractivity contribution in [2.75, 3.05) is 18.4 Å². The van der Waals surface area contributed by atoms with Gasteiger partial charge in [-0.05, 0) is 32.0 Å². The van der Waals surface area contributed by atoms with Crippen LogP contribution in [0, 0.1) is 6.92 Å². The molecule has 0 bridgehead atoms. The first kappa shape index (κ1) is 10.4. The van der Waals surface area contributed by atoms with Crippen LogP contribution in [0.15, 0.2) is 22.8 Å². The highest BCUT2D eigenvalue weighted by molar-refractivity contribution is 5.64. The van der Waals surface area contributed by atoms with Gasteiger partial charge in [0.25, 0.3) is 0 Å². The molecular weight excluding hydrogens is 216 g/mol. The Morgan fingerprint density at radius 1 is 1.53 bits per heavy atom. The Labute approximate surface area is 99.6 Å². The van der Waals surface area contributed by atoms with Gasteiger partial charge in [-0.15, -0.1) is 0 Å². The second-order valence-corrected chi connectivity index (χ2v) is 4.38. The fourth-order valence-corrected chi connectivity index (χ4v) is 2.17. The molecule has 90 valence electrons. The fraction of sp³-hybridized carbons (Fsp3) is 0.417. The van der Waals surface area contributed by atoms with Gasteiger partial charge in [0.15, 0.2) is 11.6 Å². The Bertz CT molecular complexity index is 483. The summed E-state index contributed by atoms with van der Waals surface area (Å²) in [6.07, 6.45) is 2.81. The molecule has 0 aromatic carbocycles. The van der Waals surface area contributed by atoms with Crippen LogP contribution in [0.1, 0.15) is 12.0 Å². The Balaban J connectivity index is 1.82. The summed E-state index contributed by atoms with van der Waals surface area (Å²) < 4.78 is 5.37. The first-order valence-corrected chi connectivity index (χ1v) is 5.90. The molecule has 1 aliphatic rings. The molecule has 0 spiro atoms. The van der Waals surface area contributed by atoms with Crippen LogP contribution >= 0.6 is 0 Å². The van der Waals surface area contributed by atoms with Crippen molar-refractivity contribution in [3.8, 4) is 11.5 Å². The summed E-state index contributed by atoms with van der Waals surface area (Å²) in [4.78, 5) is 0. The van der Waals surface area contributed by atoms with Crippen LogP contribution in [-0.2, 0) is 0 Å². The molecule has 3 heterocycles. The predicted octanol–water partition coefficient (Wildman–Crippen LogP) is 1.75. The molecule has 0 aliphatic carbocycles. The van der Waals surface area contributed by atoms with E-state index in [9.17, 15) is 0 Å². The summed E-state index contributed by atoms with van der Waals surface area (Å²) in [5.41, 5.74) is 2.05. The van der Waals surface area contributed by atoms with E-state index >= 15 is 0 Å². The monoisotopic (exact) mass is 232 g/mol. The van der Waals surface area contributed by atoms with Gasteiger partial charge < -0.3 is 15.1 Å². The predicted molar refractivity (Wildman–Crippen MR) is 65.9 cm³/mol. The molecule has 3 rings (SSSR count). The van der Waals surface area contributed by atoms with E-state index in [4.69, 9.17) is 4.42 Å². The molecule has 1 saturated heterocycles. The van der Waals surface area contributed by atoms with Crippen LogP contribution in [0.3, 0.4) is 0 Å². The maximum absolute atomic E-state index is 5.37. The van der Waals surface area contributed by atoms with E-state index in [1.807, 2.05) is 19.1 Å². The molecule has 17 heavy (non-hydrogen) atoms. The number of nitrogens with one attached hydrogen (secondary N) is 3. The Morgan fingerprint density at radius 2 is 2.47 bits per heavy atom. The molecule has 0 amide bonds. The molecule has 5 nitrogen and oxygen atoms in total. The van der Waals surface area contributed by atoms with Crippen molar-refractivity contribution in [3.63, 3.8) is 0 Å². The minimum atomic E-state index is 0.474. The molecule has 1 aliphatic heterocycles. The van der Waals surface area contributed by atoms with E-state index in [2.05, 4.69) is 20.8 Å². The van der Waals surface area contributed by atoms with Gasteiger partial charge in [-0.2, -0.15) is 5.10 Å². The van der Waals surface area contributed by atoms with Gasteiger partial charge in [0, 0.05) is 18.2 Å². The van der Waals surface area contributed by atoms with Crippen molar-refractivity contribution in [2.45, 2.75) is 19.4 Å². The first-order chi connectivity index (χ1) is 8.34. The third-order valence-electron chi connectivity index (χ3n) is 3.18. The van der Waals surface area contributed by atoms with Crippen molar-refractivity contribution in [1.82, 2.24) is 15.5 Å². The van der Waals surface area contributed by atoms with Crippen molar-refractivity contribution in [1.29, 1.82) is 0 Å². The maximum Gasteiger partial charge on any atom is 0.151 e. The zero-order chi connectivity index (χ0) is 11.7. The number of nitrogens with zero attached hydrogens (tertiary/aromatic N) is 1. The third kappa shape index (κ3) is 1.93. The second kappa shape index (κ2) is 4.25. The van der Waals surface area contributed by atoms with Gasteiger partial charge in [0.05, 0.1) is 6.26 Å². The molecule has 1 fully saturated rings. The van der Waals surface area contributed by atoms with Crippen LogP contribution in [0.5, 0.6) is 0 Å². The molecule has 0 radical (unpaired) electrons. The lowest BCUT2D eigenvalue weighted by molar-refractivity contribution is 0.579. The quantitative estimate of drug-likeness (QED) is 0.754. The number of hydrogen-bond donors (Lipinski definition) is 3. The van der Waals surface area contributed by atoms with Gasteiger partial charge in [-0.1, -0.05) is 0 Å². The van der Waals surface area contributed by atoms with Crippen LogP contribution in [-0.4, -0.2) is 29.3 Å². The Hall–Kier alpha value is -1.75. The van der Waals surface area contributed by atoms with Crippen LogP contribution in [0.25, 0.3) is 11.5 Å². The SMILES string of the molecule is Cc1c(NC2CCNC2)n[nH]c1-c1ccco1. The Morgan fingerprint density at radius 3 is 3.18 bits per heavy atom. The Kier molecular flexibility index (Phi) is 2.60. The number of hydrogen-bond acceptors (Lipinski definition) is 4. The van der Waals surface area contributed by atoms with E-state index in [0.717, 1.165) is 42.3 Å². The molecule has 2 aromatic rings. The highest BCUT2D eigenvalue weighted by Crippen LogP contribution is 2.26. The van der Waals surface area contributed by atoms with Gasteiger partial charge in [-0.3, -0.25) is 5.10 Å². The summed E-state index contributed by atoms with van der Waals surface area (Å²) >= 11 is 0. The van der Waals surface area contributed by atoms with E-state index < -0.39 is 0 Å². The normalized spacial score (nSPS) is 19.7. The smallest absolute Gasteiger partial charge is 0.151 e. The van der Waals surface area contributed by atoms with Gasteiger partial charge in [0.1, 0.15) is 5.69 Å². The fourth-order valence-electron chi connectivity index (χ4n) is 2.17. The molecule has 1 atom stereocenters. The van der Waals surface area contributed by atoms with Crippen molar-refractivity contribution in [3.05, 3.63) is 24.0 Å². The number of anilines is 1. The molecular formula is C12H16N4O. The molecule has 1 unspecified atom stereocenters. The number of furan rings is 1. The van der Waals surface area contributed by atoms with E-state index in [0.29, 0.717) is 6.04 Å². The minimum Gasteiger partial charge on any atom is -0.463 e. The van der Waals surface area contributed by atoms with Gasteiger partial charge in [0.2, 0.25) is 0 Å². The van der Waals surface area contributed by atoms with Crippen molar-refractivity contribution in [2.24, 2.45) is 0 Å². The number of aromatic amines is 1. The zero-order valence-corrected chi connectivity index (χ0v) is 9.79. The molecule has 3 N–H and O–H groups in total. The largest absolute Gasteiger partial charge is 0.463 e. The van der Waals surface area contributed by atoms with E-state index in [-0.39, 0.29) is 0 Å². The minimum absolute atomic E-state index is 0.474. The van der Waals surface area contributed by atoms with Crippen LogP contribution in [0.2, 0.25) is 0 Å². The lowest BCUT2D eigenvalue weighted by atomic mass is 10.2. The summed E-state index contributed by atoms with van der Waals surface area (Å²) in [6.45, 7) is 4.13. The molecule has 5 heteroatoms. The first-order valence-electron chi connectivity index (χ1n) is 5.90. The van der Waals surface area contributed by atoms with Crippen molar-refractivity contribution >= 4 is 5.82 Å². The van der Waals surface area contributed by atoms with E-state index in [1.165, 1.54) is 0 Å². The lowest BCUT2D eigenvalue weighted by Crippen LogP contribution is -2.22. The van der Waals surface area contributed by atoms with Crippen LogP contribution < -0.4 is 10.6 Å². The summed E-state index contributed by atoms with van der Waals surface area (Å²) in [5.74, 6) is 1.75. The van der Waals surface area contributed by atoms with E-state index in [1.54, 1.807) is 6.26 Å². The number of rotatable bonds is 3. The zero-order valence-electron chi connectivity index (χ0n) is 9.79. The van der Waals surface area contributed by atoms with Gasteiger partial charge >= 0.3 is 0 Å². The molecule has 0 saturated carbocycles. The number of aromatic nitrogens is 2. The molecule has 2 aromatic heterocycles. The highest BCUT2D eigenvalue weighted by Gasteiger charge is 2.18. The van der Waals surface area contributed by atoms with Crippen molar-refractivity contribution < 1.29 is 4.42 Å². The third-order valence-corrected chi connectivity index (χ3v) is 3.18. The topological polar surface area (TPSA) is 65.9 Å². The van der Waals surface area contributed by atoms with Gasteiger partial charge in [-0.25, -0.2) is 0 Å². The second-order valence-electron chi connectivity index (χ2n) is 4.38. The standard InChI is InChI=1S/C12H16N4O/c1-8-11(10-3-2-6-17-10)15-16-12(8)14-9-4-5-13-7-9/h2-3,6,9,13H,4-5,7H2,1H3,(H2,14,15,16). The summed E-state index contributed by atoms with van der Waals surface area (Å²) in [6, 6.07) is 4.28.